The average Bonchev–Trinajstić information content (AvgIpc) is 3.85. The molecule has 5 aromatic carbocycles. The molecular formula is C66H52. The van der Waals surface area contributed by atoms with Crippen LogP contribution in [-0.2, 0) is 0 Å². The maximum Gasteiger partial charge on any atom is 0.0196 e. The number of benzene rings is 5. The molecule has 316 valence electrons. The molecule has 0 amide bonds. The summed E-state index contributed by atoms with van der Waals surface area (Å²) in [5, 5.41) is 5.70. The lowest BCUT2D eigenvalue weighted by Crippen LogP contribution is -2.36. The fourth-order valence-electron chi connectivity index (χ4n) is 14.8. The van der Waals surface area contributed by atoms with E-state index in [2.05, 4.69) is 190 Å². The maximum absolute atomic E-state index is 2.68. The lowest BCUT2D eigenvalue weighted by atomic mass is 9.61. The summed E-state index contributed by atoms with van der Waals surface area (Å²) in [6.45, 7) is 4.73. The summed E-state index contributed by atoms with van der Waals surface area (Å²) in [6.07, 6.45) is 40.0. The van der Waals surface area contributed by atoms with Gasteiger partial charge in [0.25, 0.3) is 0 Å². The number of rotatable bonds is 4. The van der Waals surface area contributed by atoms with Gasteiger partial charge in [0.2, 0.25) is 0 Å². The van der Waals surface area contributed by atoms with Gasteiger partial charge in [-0.15, -0.1) is 0 Å². The van der Waals surface area contributed by atoms with Crippen molar-refractivity contribution in [3.63, 3.8) is 0 Å². The molecule has 5 aromatic rings. The van der Waals surface area contributed by atoms with Crippen molar-refractivity contribution in [3.05, 3.63) is 237 Å². The van der Waals surface area contributed by atoms with Gasteiger partial charge < -0.3 is 0 Å². The van der Waals surface area contributed by atoms with Gasteiger partial charge in [-0.2, -0.15) is 0 Å². The first-order chi connectivity index (χ1) is 32.6. The number of fused-ring (bicyclic) bond motifs is 8. The molecule has 0 saturated carbocycles. The van der Waals surface area contributed by atoms with Gasteiger partial charge in [-0.3, -0.25) is 0 Å². The van der Waals surface area contributed by atoms with E-state index < -0.39 is 0 Å². The van der Waals surface area contributed by atoms with E-state index in [4.69, 9.17) is 0 Å². The molecule has 10 aliphatic rings. The Morgan fingerprint density at radius 1 is 0.606 bits per heavy atom. The van der Waals surface area contributed by atoms with E-state index in [9.17, 15) is 0 Å². The van der Waals surface area contributed by atoms with Gasteiger partial charge >= 0.3 is 0 Å². The van der Waals surface area contributed by atoms with Gasteiger partial charge in [0.1, 0.15) is 0 Å². The highest BCUT2D eigenvalue weighted by molar-refractivity contribution is 6.21. The highest BCUT2D eigenvalue weighted by Crippen LogP contribution is 2.62. The third kappa shape index (κ3) is 5.11. The Hall–Kier alpha value is -6.76. The Kier molecular flexibility index (Phi) is 7.88. The van der Waals surface area contributed by atoms with Crippen molar-refractivity contribution in [2.24, 2.45) is 41.4 Å². The molecule has 0 heteroatoms. The first-order valence-electron chi connectivity index (χ1n) is 24.9. The van der Waals surface area contributed by atoms with E-state index in [-0.39, 0.29) is 0 Å². The molecule has 10 aliphatic carbocycles. The van der Waals surface area contributed by atoms with E-state index in [1.807, 2.05) is 0 Å². The van der Waals surface area contributed by atoms with E-state index in [0.29, 0.717) is 41.4 Å². The first-order valence-corrected chi connectivity index (χ1v) is 24.9. The van der Waals surface area contributed by atoms with Crippen molar-refractivity contribution in [1.82, 2.24) is 0 Å². The summed E-state index contributed by atoms with van der Waals surface area (Å²) in [6, 6.07) is 35.5. The average molecular weight is 845 g/mol. The van der Waals surface area contributed by atoms with Crippen LogP contribution in [0.1, 0.15) is 62.6 Å². The van der Waals surface area contributed by atoms with Crippen LogP contribution in [0.15, 0.2) is 209 Å². The van der Waals surface area contributed by atoms with Gasteiger partial charge in [0.05, 0.1) is 0 Å². The van der Waals surface area contributed by atoms with Crippen molar-refractivity contribution in [2.75, 3.05) is 0 Å². The summed E-state index contributed by atoms with van der Waals surface area (Å²) in [5.41, 5.74) is 28.0. The lowest BCUT2D eigenvalue weighted by molar-refractivity contribution is 0.392. The molecule has 0 aliphatic heterocycles. The highest BCUT2D eigenvalue weighted by Gasteiger charge is 2.45. The van der Waals surface area contributed by atoms with Gasteiger partial charge in [-0.25, -0.2) is 0 Å². The smallest absolute Gasteiger partial charge is 0.0196 e. The Balaban J connectivity index is 1.00. The van der Waals surface area contributed by atoms with Crippen molar-refractivity contribution in [2.45, 2.75) is 46.0 Å². The van der Waals surface area contributed by atoms with Crippen LogP contribution in [0, 0.1) is 41.4 Å². The molecule has 66 heavy (non-hydrogen) atoms. The third-order valence-corrected chi connectivity index (χ3v) is 17.6. The molecule has 0 bridgehead atoms. The van der Waals surface area contributed by atoms with Gasteiger partial charge in [0, 0.05) is 17.8 Å². The fraction of sp³-hybridized carbons (Fsp3) is 0.212. The topological polar surface area (TPSA) is 0 Å². The second-order valence-electron chi connectivity index (χ2n) is 20.9. The van der Waals surface area contributed by atoms with Crippen LogP contribution < -0.4 is 10.4 Å². The quantitative estimate of drug-likeness (QED) is 0.169. The molecule has 0 N–H and O–H groups in total. The monoisotopic (exact) mass is 844 g/mol. The van der Waals surface area contributed by atoms with Crippen molar-refractivity contribution in [3.8, 4) is 33.4 Å². The molecule has 0 radical (unpaired) electrons. The van der Waals surface area contributed by atoms with Crippen LogP contribution in [0.3, 0.4) is 0 Å². The van der Waals surface area contributed by atoms with Gasteiger partial charge in [0.15, 0.2) is 0 Å². The van der Waals surface area contributed by atoms with Gasteiger partial charge in [-0.05, 0) is 202 Å². The lowest BCUT2D eigenvalue weighted by Gasteiger charge is -2.42. The number of allylic oxidation sites excluding steroid dienone is 22. The predicted molar refractivity (Wildman–Crippen MR) is 276 cm³/mol. The zero-order chi connectivity index (χ0) is 43.4. The second-order valence-corrected chi connectivity index (χ2v) is 20.9. The summed E-state index contributed by atoms with van der Waals surface area (Å²) in [4.78, 5) is 0. The molecular weight excluding hydrogens is 793 g/mol. The van der Waals surface area contributed by atoms with Crippen LogP contribution in [0.5, 0.6) is 0 Å². The molecule has 0 heterocycles. The predicted octanol–water partition coefficient (Wildman–Crippen LogP) is 14.9. The summed E-state index contributed by atoms with van der Waals surface area (Å²) < 4.78 is 0. The minimum atomic E-state index is 0.385. The Bertz CT molecular complexity index is 3570. The van der Waals surface area contributed by atoms with Crippen LogP contribution in [-0.4, -0.2) is 0 Å². The van der Waals surface area contributed by atoms with E-state index >= 15 is 0 Å². The maximum atomic E-state index is 2.68. The zero-order valence-corrected chi connectivity index (χ0v) is 37.8. The highest BCUT2D eigenvalue weighted by atomic mass is 14.5. The second kappa shape index (κ2) is 13.9. The van der Waals surface area contributed by atoms with Crippen LogP contribution in [0.2, 0.25) is 0 Å². The summed E-state index contributed by atoms with van der Waals surface area (Å²) >= 11 is 0. The van der Waals surface area contributed by atoms with E-state index in [0.717, 1.165) is 25.7 Å². The largest absolute Gasteiger partial charge is 0.0839 e. The van der Waals surface area contributed by atoms with E-state index in [1.54, 1.807) is 33.4 Å². The van der Waals surface area contributed by atoms with Crippen LogP contribution in [0.25, 0.3) is 66.4 Å². The minimum absolute atomic E-state index is 0.385. The fourth-order valence-corrected chi connectivity index (χ4v) is 14.8. The summed E-state index contributed by atoms with van der Waals surface area (Å²) in [5.74, 6) is 3.31. The minimum Gasteiger partial charge on any atom is -0.0839 e. The van der Waals surface area contributed by atoms with Crippen molar-refractivity contribution < 1.29 is 0 Å². The molecule has 15 rings (SSSR count). The third-order valence-electron chi connectivity index (χ3n) is 17.6. The summed E-state index contributed by atoms with van der Waals surface area (Å²) in [7, 11) is 0. The molecule has 0 nitrogen and oxygen atoms in total. The normalized spacial score (nSPS) is 27.6. The van der Waals surface area contributed by atoms with Crippen LogP contribution in [0.4, 0.5) is 0 Å². The standard InChI is InChI=1S/C66H52/c1-37-14-12-15-38(2)58(37)46-31-44-25-24-42-26-29-50-52-35-55-56(36-53(52)54-34-47(32-46)59(44)62(42)64(50)54)60(40-18-8-4-9-19-40)65-51-23-13-22-49-48-28-27-43(39-16-6-3-7-17-39)30-45(48)33-57(63(49)51)66(65)61(55)41-20-10-5-11-21-41/h3-16,18-25,27-28,31-32,34-37,39,43-45,58-59H,17,26,29-30,33H2,1-2H3. The van der Waals surface area contributed by atoms with E-state index in [1.165, 1.54) is 100.0 Å². The molecule has 0 saturated heterocycles. The number of hydrogen-bond donors (Lipinski definition) is 0. The van der Waals surface area contributed by atoms with Crippen molar-refractivity contribution in [1.29, 1.82) is 0 Å². The molecule has 7 unspecified atom stereocenters. The SMILES string of the molecule is CC1=CC=CC(C)C1C1=CC2C=CC3=C4C5=C(CC3)c3cc6c(-c7ccccc7)c7c(c(-c8ccccc8)c6cc3C5=CC(=C1)C42)-c1cccc2c1=C7CC1CC(C3C=CC=CC3)C=CC=21. The Morgan fingerprint density at radius 3 is 2.20 bits per heavy atom. The first kappa shape index (κ1) is 37.5. The van der Waals surface area contributed by atoms with Crippen LogP contribution >= 0.6 is 0 Å². The van der Waals surface area contributed by atoms with Gasteiger partial charge in [-0.1, -0.05) is 170 Å². The Labute approximate surface area is 388 Å². The molecule has 0 spiro atoms. The number of hydrogen-bond acceptors (Lipinski definition) is 0. The molecule has 0 fully saturated rings. The van der Waals surface area contributed by atoms with Crippen molar-refractivity contribution >= 4 is 33.1 Å². The molecule has 7 atom stereocenters. The Morgan fingerprint density at radius 2 is 1.41 bits per heavy atom. The zero-order valence-electron chi connectivity index (χ0n) is 37.8. The molecule has 0 aromatic heterocycles.